The van der Waals surface area contributed by atoms with E-state index in [1.165, 1.54) is 0 Å². The minimum atomic E-state index is -0.0792. The lowest BCUT2D eigenvalue weighted by Crippen LogP contribution is -2.06. The number of ether oxygens (including phenoxy) is 1. The van der Waals surface area contributed by atoms with Gasteiger partial charge >= 0.3 is 0 Å². The number of fused-ring (bicyclic) bond motifs is 1. The van der Waals surface area contributed by atoms with Crippen LogP contribution in [0.15, 0.2) is 29.2 Å². The molecule has 1 N–H and O–H groups in total. The Hall–Kier alpha value is -1.77. The largest absolute Gasteiger partial charge is 0.496 e. The van der Waals surface area contributed by atoms with E-state index in [-0.39, 0.29) is 5.56 Å². The second-order valence-electron chi connectivity index (χ2n) is 3.18. The maximum Gasteiger partial charge on any atom is 0.255 e. The molecule has 0 atom stereocenters. The zero-order valence-electron chi connectivity index (χ0n) is 8.13. The quantitative estimate of drug-likeness (QED) is 0.743. The fourth-order valence-corrected chi connectivity index (χ4v) is 1.62. The average molecular weight is 189 g/mol. The first-order valence-electron chi connectivity index (χ1n) is 4.39. The fraction of sp³-hybridized carbons (Fsp3) is 0.182. The smallest absolute Gasteiger partial charge is 0.255 e. The Morgan fingerprint density at radius 2 is 2.14 bits per heavy atom. The molecule has 0 aliphatic heterocycles. The number of aromatic nitrogens is 1. The Morgan fingerprint density at radius 3 is 2.86 bits per heavy atom. The molecule has 0 saturated heterocycles. The van der Waals surface area contributed by atoms with Gasteiger partial charge in [-0.2, -0.15) is 0 Å². The standard InChI is InChI=1S/C11H11NO2/c1-7-6-12-11(13)8-4-3-5-9(14-2)10(7)8/h3-6H,1-2H3,(H,12,13). The van der Waals surface area contributed by atoms with Crippen LogP contribution in [0.1, 0.15) is 5.56 Å². The third-order valence-electron chi connectivity index (χ3n) is 2.30. The van der Waals surface area contributed by atoms with Crippen LogP contribution in [-0.2, 0) is 0 Å². The molecule has 1 aromatic heterocycles. The summed E-state index contributed by atoms with van der Waals surface area (Å²) in [6.07, 6.45) is 1.70. The van der Waals surface area contributed by atoms with E-state index in [2.05, 4.69) is 4.98 Å². The van der Waals surface area contributed by atoms with Crippen LogP contribution in [0.2, 0.25) is 0 Å². The second-order valence-corrected chi connectivity index (χ2v) is 3.18. The first-order chi connectivity index (χ1) is 6.74. The van der Waals surface area contributed by atoms with Crippen molar-refractivity contribution in [3.8, 4) is 5.75 Å². The van der Waals surface area contributed by atoms with Crippen molar-refractivity contribution >= 4 is 10.8 Å². The van der Waals surface area contributed by atoms with Gasteiger partial charge in [-0.05, 0) is 24.6 Å². The molecule has 2 rings (SSSR count). The van der Waals surface area contributed by atoms with Gasteiger partial charge in [0.05, 0.1) is 12.5 Å². The number of methoxy groups -OCH3 is 1. The molecule has 0 fully saturated rings. The van der Waals surface area contributed by atoms with Crippen molar-refractivity contribution in [3.63, 3.8) is 0 Å². The predicted molar refractivity (Wildman–Crippen MR) is 55.9 cm³/mol. The first kappa shape index (κ1) is 8.81. The molecule has 3 nitrogen and oxygen atoms in total. The molecule has 72 valence electrons. The fourth-order valence-electron chi connectivity index (χ4n) is 1.62. The second kappa shape index (κ2) is 3.18. The molecule has 0 aliphatic carbocycles. The summed E-state index contributed by atoms with van der Waals surface area (Å²) in [5, 5.41) is 1.56. The number of hydrogen-bond donors (Lipinski definition) is 1. The average Bonchev–Trinajstić information content (AvgIpc) is 2.23. The third-order valence-corrected chi connectivity index (χ3v) is 2.30. The highest BCUT2D eigenvalue weighted by atomic mass is 16.5. The number of aromatic amines is 1. The minimum Gasteiger partial charge on any atom is -0.496 e. The number of benzene rings is 1. The summed E-state index contributed by atoms with van der Waals surface area (Å²) in [6.45, 7) is 1.95. The molecule has 0 aliphatic rings. The van der Waals surface area contributed by atoms with Crippen LogP contribution in [-0.4, -0.2) is 12.1 Å². The highest BCUT2D eigenvalue weighted by Gasteiger charge is 2.06. The molecule has 0 radical (unpaired) electrons. The maximum atomic E-state index is 11.5. The summed E-state index contributed by atoms with van der Waals surface area (Å²) in [7, 11) is 1.61. The van der Waals surface area contributed by atoms with Gasteiger partial charge in [0.2, 0.25) is 0 Å². The summed E-state index contributed by atoms with van der Waals surface area (Å²) in [5.74, 6) is 0.742. The summed E-state index contributed by atoms with van der Waals surface area (Å²) in [5.41, 5.74) is 0.932. The van der Waals surface area contributed by atoms with Crippen LogP contribution < -0.4 is 10.3 Å². The molecule has 1 heterocycles. The number of pyridine rings is 1. The van der Waals surface area contributed by atoms with Crippen LogP contribution in [0.3, 0.4) is 0 Å². The lowest BCUT2D eigenvalue weighted by Gasteiger charge is -2.06. The van der Waals surface area contributed by atoms with Gasteiger partial charge in [0, 0.05) is 11.6 Å². The summed E-state index contributed by atoms with van der Waals surface area (Å²) >= 11 is 0. The first-order valence-corrected chi connectivity index (χ1v) is 4.39. The normalized spacial score (nSPS) is 10.4. The number of H-pyrrole nitrogens is 1. The predicted octanol–water partition coefficient (Wildman–Crippen LogP) is 1.85. The Morgan fingerprint density at radius 1 is 1.36 bits per heavy atom. The Bertz CT molecular complexity index is 528. The van der Waals surface area contributed by atoms with E-state index < -0.39 is 0 Å². The molecule has 0 bridgehead atoms. The monoisotopic (exact) mass is 189 g/mol. The van der Waals surface area contributed by atoms with Crippen molar-refractivity contribution < 1.29 is 4.74 Å². The van der Waals surface area contributed by atoms with Gasteiger partial charge < -0.3 is 9.72 Å². The van der Waals surface area contributed by atoms with E-state index >= 15 is 0 Å². The van der Waals surface area contributed by atoms with Crippen LogP contribution in [0.25, 0.3) is 10.8 Å². The topological polar surface area (TPSA) is 42.1 Å². The van der Waals surface area contributed by atoms with Gasteiger partial charge in [-0.15, -0.1) is 0 Å². The summed E-state index contributed by atoms with van der Waals surface area (Å²) < 4.78 is 5.21. The molecule has 2 aromatic rings. The lowest BCUT2D eigenvalue weighted by molar-refractivity contribution is 0.419. The van der Waals surface area contributed by atoms with Gasteiger partial charge in [0.25, 0.3) is 5.56 Å². The van der Waals surface area contributed by atoms with E-state index in [1.54, 1.807) is 19.4 Å². The highest BCUT2D eigenvalue weighted by Crippen LogP contribution is 2.25. The van der Waals surface area contributed by atoms with Crippen LogP contribution >= 0.6 is 0 Å². The van der Waals surface area contributed by atoms with E-state index in [0.717, 1.165) is 16.7 Å². The molecule has 14 heavy (non-hydrogen) atoms. The van der Waals surface area contributed by atoms with E-state index in [4.69, 9.17) is 4.74 Å². The van der Waals surface area contributed by atoms with Crippen LogP contribution in [0.4, 0.5) is 0 Å². The van der Waals surface area contributed by atoms with E-state index in [9.17, 15) is 4.79 Å². The van der Waals surface area contributed by atoms with E-state index in [1.807, 2.05) is 19.1 Å². The van der Waals surface area contributed by atoms with Crippen LogP contribution in [0.5, 0.6) is 5.75 Å². The van der Waals surface area contributed by atoms with Gasteiger partial charge in [-0.25, -0.2) is 0 Å². The minimum absolute atomic E-state index is 0.0792. The lowest BCUT2D eigenvalue weighted by atomic mass is 10.1. The highest BCUT2D eigenvalue weighted by molar-refractivity contribution is 5.90. The number of nitrogens with one attached hydrogen (secondary N) is 1. The number of rotatable bonds is 1. The number of aryl methyl sites for hydroxylation is 1. The summed E-state index contributed by atoms with van der Waals surface area (Å²) in [6, 6.07) is 5.47. The van der Waals surface area contributed by atoms with Crippen molar-refractivity contribution in [1.82, 2.24) is 4.98 Å². The molecular formula is C11H11NO2. The Balaban J connectivity index is 2.99. The molecule has 0 unspecified atom stereocenters. The molecule has 0 amide bonds. The Kier molecular flexibility index (Phi) is 2.00. The number of hydrogen-bond acceptors (Lipinski definition) is 2. The van der Waals surface area contributed by atoms with Gasteiger partial charge in [-0.3, -0.25) is 4.79 Å². The maximum absolute atomic E-state index is 11.5. The Labute approximate surface area is 81.3 Å². The summed E-state index contributed by atoms with van der Waals surface area (Å²) in [4.78, 5) is 14.2. The van der Waals surface area contributed by atoms with Crippen molar-refractivity contribution in [2.75, 3.05) is 7.11 Å². The molecule has 3 heteroatoms. The molecular weight excluding hydrogens is 178 g/mol. The zero-order chi connectivity index (χ0) is 10.1. The molecule has 1 aromatic carbocycles. The molecule has 0 saturated carbocycles. The van der Waals surface area contributed by atoms with Crippen molar-refractivity contribution in [2.24, 2.45) is 0 Å². The van der Waals surface area contributed by atoms with Crippen molar-refractivity contribution in [3.05, 3.63) is 40.3 Å². The van der Waals surface area contributed by atoms with Gasteiger partial charge in [0.15, 0.2) is 0 Å². The molecule has 0 spiro atoms. The van der Waals surface area contributed by atoms with Gasteiger partial charge in [-0.1, -0.05) is 6.07 Å². The van der Waals surface area contributed by atoms with E-state index in [0.29, 0.717) is 5.39 Å². The van der Waals surface area contributed by atoms with Gasteiger partial charge in [0.1, 0.15) is 5.75 Å². The SMILES string of the molecule is COc1cccc2c(=O)[nH]cc(C)c12. The van der Waals surface area contributed by atoms with Crippen LogP contribution in [0, 0.1) is 6.92 Å². The zero-order valence-corrected chi connectivity index (χ0v) is 8.13. The van der Waals surface area contributed by atoms with Crippen molar-refractivity contribution in [1.29, 1.82) is 0 Å². The third kappa shape index (κ3) is 1.18. The van der Waals surface area contributed by atoms with Crippen molar-refractivity contribution in [2.45, 2.75) is 6.92 Å².